The first-order chi connectivity index (χ1) is 9.00. The second-order valence-corrected chi connectivity index (χ2v) is 5.62. The van der Waals surface area contributed by atoms with Gasteiger partial charge < -0.3 is 10.4 Å². The van der Waals surface area contributed by atoms with Crippen molar-refractivity contribution in [2.45, 2.75) is 51.0 Å². The first-order valence-corrected chi connectivity index (χ1v) is 7.01. The molecule has 106 valence electrons. The predicted octanol–water partition coefficient (Wildman–Crippen LogP) is 1.54. The van der Waals surface area contributed by atoms with Gasteiger partial charge in [0.05, 0.1) is 11.3 Å². The zero-order valence-electron chi connectivity index (χ0n) is 11.8. The van der Waals surface area contributed by atoms with Gasteiger partial charge in [-0.05, 0) is 25.8 Å². The van der Waals surface area contributed by atoms with Crippen molar-refractivity contribution in [3.8, 4) is 0 Å². The monoisotopic (exact) mass is 265 g/mol. The predicted molar refractivity (Wildman–Crippen MR) is 72.9 cm³/mol. The van der Waals surface area contributed by atoms with E-state index in [1.165, 1.54) is 12.8 Å². The number of carbonyl (C=O) groups excluding carboxylic acids is 1. The number of aliphatic hydroxyl groups is 1. The lowest BCUT2D eigenvalue weighted by Crippen LogP contribution is -2.43. The first-order valence-electron chi connectivity index (χ1n) is 7.01. The van der Waals surface area contributed by atoms with Gasteiger partial charge in [-0.1, -0.05) is 25.7 Å². The third-order valence-corrected chi connectivity index (χ3v) is 3.85. The molecular weight excluding hydrogens is 242 g/mol. The number of hydrogen-bond acceptors (Lipinski definition) is 3. The van der Waals surface area contributed by atoms with Crippen molar-refractivity contribution in [2.75, 3.05) is 6.54 Å². The number of amides is 1. The largest absolute Gasteiger partial charge is 0.388 e. The maximum Gasteiger partial charge on any atom is 0.269 e. The van der Waals surface area contributed by atoms with Crippen molar-refractivity contribution in [1.82, 2.24) is 15.1 Å². The molecule has 0 spiro atoms. The zero-order valence-corrected chi connectivity index (χ0v) is 11.8. The summed E-state index contributed by atoms with van der Waals surface area (Å²) in [4.78, 5) is 12.1. The van der Waals surface area contributed by atoms with E-state index in [1.807, 2.05) is 6.92 Å². The van der Waals surface area contributed by atoms with Crippen LogP contribution in [0.15, 0.2) is 6.07 Å². The Labute approximate surface area is 114 Å². The molecule has 5 heteroatoms. The smallest absolute Gasteiger partial charge is 0.269 e. The molecule has 1 fully saturated rings. The Balaban J connectivity index is 1.94. The van der Waals surface area contributed by atoms with Crippen LogP contribution in [0.25, 0.3) is 0 Å². The third kappa shape index (κ3) is 3.56. The summed E-state index contributed by atoms with van der Waals surface area (Å²) in [6.45, 7) is 2.19. The van der Waals surface area contributed by atoms with Crippen molar-refractivity contribution in [3.63, 3.8) is 0 Å². The fourth-order valence-corrected chi connectivity index (χ4v) is 2.72. The number of rotatable bonds is 3. The van der Waals surface area contributed by atoms with Gasteiger partial charge in [0, 0.05) is 13.6 Å². The lowest BCUT2D eigenvalue weighted by molar-refractivity contribution is 0.0245. The number of nitrogens with zero attached hydrogens (tertiary/aromatic N) is 2. The average Bonchev–Trinajstić information content (AvgIpc) is 2.58. The van der Waals surface area contributed by atoms with Gasteiger partial charge in [0.2, 0.25) is 0 Å². The van der Waals surface area contributed by atoms with E-state index in [2.05, 4.69) is 10.4 Å². The van der Waals surface area contributed by atoms with Crippen LogP contribution in [0.1, 0.15) is 54.7 Å². The molecule has 1 heterocycles. The van der Waals surface area contributed by atoms with Crippen LogP contribution in [0.4, 0.5) is 0 Å². The van der Waals surface area contributed by atoms with Crippen LogP contribution in [-0.2, 0) is 7.05 Å². The van der Waals surface area contributed by atoms with E-state index in [1.54, 1.807) is 17.8 Å². The normalized spacial score (nSPS) is 18.9. The fraction of sp³-hybridized carbons (Fsp3) is 0.714. The Kier molecular flexibility index (Phi) is 4.24. The molecule has 0 aromatic carbocycles. The highest BCUT2D eigenvalue weighted by Gasteiger charge is 2.28. The van der Waals surface area contributed by atoms with Crippen molar-refractivity contribution in [3.05, 3.63) is 17.5 Å². The van der Waals surface area contributed by atoms with Gasteiger partial charge in [-0.2, -0.15) is 5.10 Å². The highest BCUT2D eigenvalue weighted by molar-refractivity contribution is 5.92. The maximum absolute atomic E-state index is 12.1. The molecule has 1 aliphatic carbocycles. The van der Waals surface area contributed by atoms with E-state index in [0.717, 1.165) is 31.4 Å². The minimum absolute atomic E-state index is 0.166. The molecule has 0 saturated heterocycles. The Morgan fingerprint density at radius 2 is 2.05 bits per heavy atom. The summed E-state index contributed by atoms with van der Waals surface area (Å²) in [7, 11) is 1.75. The van der Waals surface area contributed by atoms with Gasteiger partial charge in [-0.3, -0.25) is 9.48 Å². The second kappa shape index (κ2) is 5.74. The summed E-state index contributed by atoms with van der Waals surface area (Å²) in [6.07, 6.45) is 5.98. The fourth-order valence-electron chi connectivity index (χ4n) is 2.72. The Bertz CT molecular complexity index is 446. The number of hydrogen-bond donors (Lipinski definition) is 2. The minimum Gasteiger partial charge on any atom is -0.388 e. The minimum atomic E-state index is -0.736. The molecule has 19 heavy (non-hydrogen) atoms. The molecular formula is C14H23N3O2. The zero-order chi connectivity index (χ0) is 13.9. The van der Waals surface area contributed by atoms with E-state index in [0.29, 0.717) is 12.2 Å². The number of carbonyl (C=O) groups is 1. The van der Waals surface area contributed by atoms with Crippen molar-refractivity contribution in [1.29, 1.82) is 0 Å². The van der Waals surface area contributed by atoms with Crippen LogP contribution in [0, 0.1) is 6.92 Å². The molecule has 1 amide bonds. The summed E-state index contributed by atoms with van der Waals surface area (Å²) >= 11 is 0. The van der Waals surface area contributed by atoms with Gasteiger partial charge >= 0.3 is 0 Å². The van der Waals surface area contributed by atoms with Crippen LogP contribution in [0.2, 0.25) is 0 Å². The van der Waals surface area contributed by atoms with Gasteiger partial charge in [0.1, 0.15) is 5.69 Å². The van der Waals surface area contributed by atoms with Crippen LogP contribution in [-0.4, -0.2) is 32.9 Å². The summed E-state index contributed by atoms with van der Waals surface area (Å²) in [5, 5.41) is 17.5. The Hall–Kier alpha value is -1.36. The summed E-state index contributed by atoms with van der Waals surface area (Å²) in [6, 6.07) is 1.76. The van der Waals surface area contributed by atoms with E-state index in [4.69, 9.17) is 0 Å². The molecule has 0 bridgehead atoms. The molecule has 2 rings (SSSR count). The molecule has 0 unspecified atom stereocenters. The Morgan fingerprint density at radius 3 is 2.58 bits per heavy atom. The van der Waals surface area contributed by atoms with Gasteiger partial charge in [-0.25, -0.2) is 0 Å². The van der Waals surface area contributed by atoms with Gasteiger partial charge in [0.25, 0.3) is 5.91 Å². The van der Waals surface area contributed by atoms with Gasteiger partial charge in [0.15, 0.2) is 0 Å². The molecule has 0 atom stereocenters. The molecule has 0 aliphatic heterocycles. The number of aryl methyl sites for hydroxylation is 2. The number of nitrogens with one attached hydrogen (secondary N) is 1. The summed E-state index contributed by atoms with van der Waals surface area (Å²) < 4.78 is 1.57. The van der Waals surface area contributed by atoms with Crippen molar-refractivity contribution in [2.24, 2.45) is 7.05 Å². The maximum atomic E-state index is 12.1. The van der Waals surface area contributed by atoms with E-state index < -0.39 is 5.60 Å². The topological polar surface area (TPSA) is 67.2 Å². The van der Waals surface area contributed by atoms with Crippen molar-refractivity contribution < 1.29 is 9.90 Å². The number of aromatic nitrogens is 2. The van der Waals surface area contributed by atoms with Crippen LogP contribution in [0.5, 0.6) is 0 Å². The van der Waals surface area contributed by atoms with Crippen LogP contribution >= 0.6 is 0 Å². The van der Waals surface area contributed by atoms with Crippen LogP contribution in [0.3, 0.4) is 0 Å². The standard InChI is InChI=1S/C14H23N3O2/c1-11-9-12(17(2)16-11)13(18)15-10-14(19)7-5-3-4-6-8-14/h9,19H,3-8,10H2,1-2H3,(H,15,18). The van der Waals surface area contributed by atoms with Gasteiger partial charge in [-0.15, -0.1) is 0 Å². The lowest BCUT2D eigenvalue weighted by Gasteiger charge is -2.26. The highest BCUT2D eigenvalue weighted by Crippen LogP contribution is 2.26. The van der Waals surface area contributed by atoms with E-state index in [-0.39, 0.29) is 5.91 Å². The first kappa shape index (κ1) is 14.1. The van der Waals surface area contributed by atoms with Crippen LogP contribution < -0.4 is 5.32 Å². The molecule has 1 aromatic heterocycles. The highest BCUT2D eigenvalue weighted by atomic mass is 16.3. The summed E-state index contributed by atoms with van der Waals surface area (Å²) in [5.41, 5.74) is 0.621. The molecule has 1 saturated carbocycles. The van der Waals surface area contributed by atoms with E-state index in [9.17, 15) is 9.90 Å². The van der Waals surface area contributed by atoms with E-state index >= 15 is 0 Å². The molecule has 2 N–H and O–H groups in total. The molecule has 0 radical (unpaired) electrons. The lowest BCUT2D eigenvalue weighted by atomic mass is 9.94. The quantitative estimate of drug-likeness (QED) is 0.815. The molecule has 1 aromatic rings. The molecule has 1 aliphatic rings. The second-order valence-electron chi connectivity index (χ2n) is 5.62. The third-order valence-electron chi connectivity index (χ3n) is 3.85. The Morgan fingerprint density at radius 1 is 1.42 bits per heavy atom. The molecule has 5 nitrogen and oxygen atoms in total. The summed E-state index contributed by atoms with van der Waals surface area (Å²) in [5.74, 6) is -0.166. The van der Waals surface area contributed by atoms with Crippen molar-refractivity contribution >= 4 is 5.91 Å². The average molecular weight is 265 g/mol. The SMILES string of the molecule is Cc1cc(C(=O)NCC2(O)CCCCCC2)n(C)n1.